The summed E-state index contributed by atoms with van der Waals surface area (Å²) in [7, 11) is 0. The molecule has 0 heteroatoms. The minimum absolute atomic E-state index is 0.360. The quantitative estimate of drug-likeness (QED) is 0.576. The Balaban J connectivity index is 3.91. The molecule has 0 saturated carbocycles. The molecule has 67 valence electrons. The van der Waals surface area contributed by atoms with Crippen molar-refractivity contribution in [2.45, 2.75) is 54.4 Å². The molecular formula is C11H23. The predicted octanol–water partition coefficient (Wildman–Crippen LogP) is 4.06. The van der Waals surface area contributed by atoms with Crippen molar-refractivity contribution < 1.29 is 0 Å². The fourth-order valence-corrected chi connectivity index (χ4v) is 1.89. The van der Waals surface area contributed by atoms with E-state index in [1.165, 1.54) is 12.8 Å². The molecule has 0 aromatic heterocycles. The van der Waals surface area contributed by atoms with Crippen LogP contribution in [0.1, 0.15) is 54.4 Å². The summed E-state index contributed by atoms with van der Waals surface area (Å²) < 4.78 is 0. The van der Waals surface area contributed by atoms with Crippen molar-refractivity contribution >= 4 is 0 Å². The Morgan fingerprint density at radius 3 is 1.73 bits per heavy atom. The summed E-state index contributed by atoms with van der Waals surface area (Å²) >= 11 is 0. The topological polar surface area (TPSA) is 0 Å². The zero-order valence-corrected chi connectivity index (χ0v) is 8.99. The van der Waals surface area contributed by atoms with E-state index in [1.54, 1.807) is 0 Å². The second kappa shape index (κ2) is 3.60. The van der Waals surface area contributed by atoms with E-state index in [-0.39, 0.29) is 0 Å². The molecule has 0 bridgehead atoms. The summed E-state index contributed by atoms with van der Waals surface area (Å²) in [5, 5.41) is 0. The van der Waals surface area contributed by atoms with Crippen molar-refractivity contribution in [2.75, 3.05) is 0 Å². The van der Waals surface area contributed by atoms with Crippen LogP contribution in [0.5, 0.6) is 0 Å². The molecule has 0 aliphatic carbocycles. The molecule has 0 N–H and O–H groups in total. The first-order valence-electron chi connectivity index (χ1n) is 4.64. The van der Waals surface area contributed by atoms with Gasteiger partial charge in [-0.05, 0) is 23.7 Å². The van der Waals surface area contributed by atoms with Crippen molar-refractivity contribution in [1.82, 2.24) is 0 Å². The van der Waals surface area contributed by atoms with Crippen LogP contribution in [0.4, 0.5) is 0 Å². The van der Waals surface area contributed by atoms with Gasteiger partial charge < -0.3 is 0 Å². The van der Waals surface area contributed by atoms with E-state index in [9.17, 15) is 0 Å². The number of hydrogen-bond acceptors (Lipinski definition) is 0. The van der Waals surface area contributed by atoms with Crippen LogP contribution in [0.25, 0.3) is 0 Å². The van der Waals surface area contributed by atoms with Crippen LogP contribution in [0.15, 0.2) is 0 Å². The van der Waals surface area contributed by atoms with Crippen molar-refractivity contribution in [2.24, 2.45) is 10.8 Å². The molecule has 0 aromatic carbocycles. The van der Waals surface area contributed by atoms with E-state index in [4.69, 9.17) is 0 Å². The number of hydrogen-bond donors (Lipinski definition) is 0. The molecule has 0 nitrogen and oxygen atoms in total. The molecule has 0 saturated heterocycles. The van der Waals surface area contributed by atoms with Crippen molar-refractivity contribution in [1.29, 1.82) is 0 Å². The lowest BCUT2D eigenvalue weighted by molar-refractivity contribution is 0.303. The maximum atomic E-state index is 2.46. The standard InChI is InChI=1S/C11H23/c1-7-8-11(5,6)9-10(2,3)4/h9H,7-8H2,1-6H3. The summed E-state index contributed by atoms with van der Waals surface area (Å²) in [6.07, 6.45) is 5.04. The second-order valence-electron chi connectivity index (χ2n) is 5.25. The van der Waals surface area contributed by atoms with Crippen LogP contribution in [0, 0.1) is 17.3 Å². The lowest BCUT2D eigenvalue weighted by atomic mass is 9.74. The van der Waals surface area contributed by atoms with Crippen LogP contribution in [-0.4, -0.2) is 0 Å². The first kappa shape index (κ1) is 11.0. The third-order valence-electron chi connectivity index (χ3n) is 1.72. The van der Waals surface area contributed by atoms with Gasteiger partial charge in [-0.1, -0.05) is 48.0 Å². The van der Waals surface area contributed by atoms with Crippen molar-refractivity contribution in [3.63, 3.8) is 0 Å². The molecule has 0 amide bonds. The van der Waals surface area contributed by atoms with Gasteiger partial charge in [0, 0.05) is 0 Å². The fraction of sp³-hybridized carbons (Fsp3) is 0.909. The Morgan fingerprint density at radius 1 is 1.00 bits per heavy atom. The first-order chi connectivity index (χ1) is 4.77. The number of rotatable bonds is 3. The average Bonchev–Trinajstić information content (AvgIpc) is 1.55. The predicted molar refractivity (Wildman–Crippen MR) is 52.4 cm³/mol. The van der Waals surface area contributed by atoms with Gasteiger partial charge in [-0.3, -0.25) is 0 Å². The zero-order chi connectivity index (χ0) is 9.12. The highest BCUT2D eigenvalue weighted by Gasteiger charge is 2.24. The van der Waals surface area contributed by atoms with Gasteiger partial charge in [0.05, 0.1) is 0 Å². The molecular weight excluding hydrogens is 132 g/mol. The molecule has 0 rings (SSSR count). The molecule has 0 heterocycles. The van der Waals surface area contributed by atoms with Gasteiger partial charge in [-0.15, -0.1) is 0 Å². The van der Waals surface area contributed by atoms with Gasteiger partial charge in [0.1, 0.15) is 0 Å². The first-order valence-corrected chi connectivity index (χ1v) is 4.64. The lowest BCUT2D eigenvalue weighted by Crippen LogP contribution is -2.21. The van der Waals surface area contributed by atoms with E-state index in [0.717, 1.165) is 0 Å². The van der Waals surface area contributed by atoms with Gasteiger partial charge in [-0.25, -0.2) is 0 Å². The fourth-order valence-electron chi connectivity index (χ4n) is 1.89. The van der Waals surface area contributed by atoms with Crippen LogP contribution in [0.2, 0.25) is 0 Å². The zero-order valence-electron chi connectivity index (χ0n) is 8.99. The molecule has 0 aliphatic rings. The molecule has 0 spiro atoms. The van der Waals surface area contributed by atoms with Crippen molar-refractivity contribution in [3.05, 3.63) is 6.42 Å². The van der Waals surface area contributed by atoms with Crippen LogP contribution in [0.3, 0.4) is 0 Å². The minimum Gasteiger partial charge on any atom is -0.0654 e. The summed E-state index contributed by atoms with van der Waals surface area (Å²) in [6, 6.07) is 0. The molecule has 0 aromatic rings. The Labute approximate surface area is 72.4 Å². The molecule has 0 fully saturated rings. The Bertz CT molecular complexity index is 104. The molecule has 1 radical (unpaired) electrons. The highest BCUT2D eigenvalue weighted by molar-refractivity contribution is 4.93. The van der Waals surface area contributed by atoms with Gasteiger partial charge in [0.15, 0.2) is 0 Å². The van der Waals surface area contributed by atoms with Crippen LogP contribution < -0.4 is 0 Å². The smallest absolute Gasteiger partial charge is 0.0275 e. The maximum absolute atomic E-state index is 2.46. The summed E-state index contributed by atoms with van der Waals surface area (Å²) in [4.78, 5) is 0. The summed E-state index contributed by atoms with van der Waals surface area (Å²) in [5.41, 5.74) is 0.770. The summed E-state index contributed by atoms with van der Waals surface area (Å²) in [6.45, 7) is 13.7. The van der Waals surface area contributed by atoms with Gasteiger partial charge in [0.25, 0.3) is 0 Å². The van der Waals surface area contributed by atoms with Crippen molar-refractivity contribution in [3.8, 4) is 0 Å². The highest BCUT2D eigenvalue weighted by Crippen LogP contribution is 2.35. The van der Waals surface area contributed by atoms with Crippen LogP contribution >= 0.6 is 0 Å². The van der Waals surface area contributed by atoms with Crippen LogP contribution in [-0.2, 0) is 0 Å². The molecule has 0 aliphatic heterocycles. The van der Waals surface area contributed by atoms with E-state index >= 15 is 0 Å². The highest BCUT2D eigenvalue weighted by atomic mass is 14.3. The van der Waals surface area contributed by atoms with E-state index < -0.39 is 0 Å². The SMILES string of the molecule is CCCC(C)(C)[CH]C(C)(C)C. The molecule has 0 atom stereocenters. The molecule has 11 heavy (non-hydrogen) atoms. The lowest BCUT2D eigenvalue weighted by Gasteiger charge is -2.31. The molecule has 0 unspecified atom stereocenters. The normalized spacial score (nSPS) is 13.6. The largest absolute Gasteiger partial charge is 0.0654 e. The Kier molecular flexibility index (Phi) is 3.60. The third-order valence-corrected chi connectivity index (χ3v) is 1.72. The summed E-state index contributed by atoms with van der Waals surface area (Å²) in [5.74, 6) is 0. The Morgan fingerprint density at radius 2 is 1.45 bits per heavy atom. The second-order valence-corrected chi connectivity index (χ2v) is 5.25. The van der Waals surface area contributed by atoms with E-state index in [0.29, 0.717) is 10.8 Å². The van der Waals surface area contributed by atoms with Gasteiger partial charge in [0.2, 0.25) is 0 Å². The third kappa shape index (κ3) is 6.40. The maximum Gasteiger partial charge on any atom is -0.0275 e. The van der Waals surface area contributed by atoms with E-state index in [1.807, 2.05) is 0 Å². The average molecular weight is 155 g/mol. The minimum atomic E-state index is 0.360. The monoisotopic (exact) mass is 155 g/mol. The van der Waals surface area contributed by atoms with E-state index in [2.05, 4.69) is 48.0 Å². The van der Waals surface area contributed by atoms with Gasteiger partial charge in [-0.2, -0.15) is 0 Å². The Hall–Kier alpha value is 0. The van der Waals surface area contributed by atoms with Gasteiger partial charge >= 0.3 is 0 Å².